The van der Waals surface area contributed by atoms with Crippen LogP contribution >= 0.6 is 0 Å². The molecule has 0 aliphatic heterocycles. The highest BCUT2D eigenvalue weighted by Gasteiger charge is 2.11. The zero-order chi connectivity index (χ0) is 9.72. The predicted molar refractivity (Wildman–Crippen MR) is 43.3 cm³/mol. The van der Waals surface area contributed by atoms with Gasteiger partial charge in [-0.2, -0.15) is 4.99 Å². The van der Waals surface area contributed by atoms with Crippen molar-refractivity contribution >= 4 is 12.0 Å². The van der Waals surface area contributed by atoms with Crippen LogP contribution in [0.1, 0.15) is 20.8 Å². The van der Waals surface area contributed by atoms with Crippen LogP contribution in [0.25, 0.3) is 0 Å². The average Bonchev–Trinajstić information content (AvgIpc) is 1.98. The zero-order valence-electron chi connectivity index (χ0n) is 7.29. The number of hydrogen-bond donors (Lipinski definition) is 1. The monoisotopic (exact) mass is 169 g/mol. The maximum absolute atomic E-state index is 10.5. The molecule has 0 spiro atoms. The Labute approximate surface area is 70.6 Å². The number of rotatable bonds is 3. The van der Waals surface area contributed by atoms with Gasteiger partial charge in [-0.1, -0.05) is 13.8 Å². The van der Waals surface area contributed by atoms with E-state index in [2.05, 4.69) is 4.99 Å². The van der Waals surface area contributed by atoms with Crippen LogP contribution < -0.4 is 0 Å². The molecular weight excluding hydrogens is 158 g/mol. The second kappa shape index (κ2) is 4.46. The topological polar surface area (TPSA) is 66.7 Å². The molecule has 0 aliphatic carbocycles. The summed E-state index contributed by atoms with van der Waals surface area (Å²) in [5.41, 5.74) is 0.367. The van der Waals surface area contributed by atoms with E-state index in [0.717, 1.165) is 0 Å². The minimum Gasteiger partial charge on any atom is -0.478 e. The standard InChI is InChI=1S/C8H11NO3/c1-5(2)7(9-4-10)6(3)8(11)12/h5H,1-3H3,(H,11,12). The Morgan fingerprint density at radius 1 is 1.50 bits per heavy atom. The van der Waals surface area contributed by atoms with Crippen LogP contribution in [0.3, 0.4) is 0 Å². The first-order valence-electron chi connectivity index (χ1n) is 3.52. The number of aliphatic carboxylic acids is 1. The Morgan fingerprint density at radius 2 is 2.00 bits per heavy atom. The van der Waals surface area contributed by atoms with Gasteiger partial charge in [0.2, 0.25) is 6.08 Å². The molecule has 12 heavy (non-hydrogen) atoms. The number of isocyanates is 1. The van der Waals surface area contributed by atoms with Crippen molar-refractivity contribution in [2.45, 2.75) is 20.8 Å². The molecule has 0 heterocycles. The van der Waals surface area contributed by atoms with Crippen molar-refractivity contribution in [1.82, 2.24) is 0 Å². The number of carbonyl (C=O) groups excluding carboxylic acids is 1. The van der Waals surface area contributed by atoms with E-state index in [1.165, 1.54) is 13.0 Å². The Balaban J connectivity index is 5.06. The minimum atomic E-state index is -1.06. The lowest BCUT2D eigenvalue weighted by molar-refractivity contribution is -0.132. The van der Waals surface area contributed by atoms with E-state index in [1.54, 1.807) is 13.8 Å². The third kappa shape index (κ3) is 2.68. The molecule has 0 aromatic rings. The van der Waals surface area contributed by atoms with Gasteiger partial charge in [-0.15, -0.1) is 0 Å². The Hall–Kier alpha value is -1.41. The number of allylic oxidation sites excluding steroid dienone is 1. The third-order valence-corrected chi connectivity index (χ3v) is 1.42. The van der Waals surface area contributed by atoms with Crippen molar-refractivity contribution in [2.24, 2.45) is 10.9 Å². The van der Waals surface area contributed by atoms with Crippen molar-refractivity contribution in [2.75, 3.05) is 0 Å². The van der Waals surface area contributed by atoms with Crippen molar-refractivity contribution in [1.29, 1.82) is 0 Å². The largest absolute Gasteiger partial charge is 0.478 e. The van der Waals surface area contributed by atoms with Crippen LogP contribution in [-0.4, -0.2) is 17.2 Å². The molecule has 66 valence electrons. The molecular formula is C8H11NO3. The van der Waals surface area contributed by atoms with E-state index >= 15 is 0 Å². The molecule has 1 N–H and O–H groups in total. The molecule has 0 atom stereocenters. The fourth-order valence-corrected chi connectivity index (χ4v) is 0.805. The lowest BCUT2D eigenvalue weighted by atomic mass is 10.1. The van der Waals surface area contributed by atoms with Crippen LogP contribution in [0.5, 0.6) is 0 Å². The quantitative estimate of drug-likeness (QED) is 0.393. The number of carboxylic acid groups (broad SMARTS) is 1. The van der Waals surface area contributed by atoms with Crippen LogP contribution in [-0.2, 0) is 9.59 Å². The first-order chi connectivity index (χ1) is 5.50. The Morgan fingerprint density at radius 3 is 2.25 bits per heavy atom. The predicted octanol–water partition coefficient (Wildman–Crippen LogP) is 1.34. The Kier molecular flexibility index (Phi) is 3.94. The van der Waals surface area contributed by atoms with Crippen LogP contribution in [0.4, 0.5) is 0 Å². The summed E-state index contributed by atoms with van der Waals surface area (Å²) in [7, 11) is 0. The first-order valence-corrected chi connectivity index (χ1v) is 3.52. The molecule has 0 aromatic heterocycles. The van der Waals surface area contributed by atoms with Crippen molar-refractivity contribution < 1.29 is 14.7 Å². The number of carboxylic acids is 1. The van der Waals surface area contributed by atoms with Gasteiger partial charge in [0.25, 0.3) is 0 Å². The van der Waals surface area contributed by atoms with Crippen LogP contribution in [0, 0.1) is 5.92 Å². The Bertz CT molecular complexity index is 259. The van der Waals surface area contributed by atoms with Gasteiger partial charge in [-0.05, 0) is 12.8 Å². The van der Waals surface area contributed by atoms with E-state index in [9.17, 15) is 9.59 Å². The molecule has 0 aliphatic rings. The van der Waals surface area contributed by atoms with Gasteiger partial charge in [-0.3, -0.25) is 0 Å². The van der Waals surface area contributed by atoms with Gasteiger partial charge in [0.05, 0.1) is 11.3 Å². The fraction of sp³-hybridized carbons (Fsp3) is 0.500. The fourth-order valence-electron chi connectivity index (χ4n) is 0.805. The van der Waals surface area contributed by atoms with E-state index in [1.807, 2.05) is 0 Å². The van der Waals surface area contributed by atoms with Gasteiger partial charge >= 0.3 is 5.97 Å². The maximum atomic E-state index is 10.5. The summed E-state index contributed by atoms with van der Waals surface area (Å²) < 4.78 is 0. The highest BCUT2D eigenvalue weighted by Crippen LogP contribution is 2.15. The van der Waals surface area contributed by atoms with Gasteiger partial charge in [0, 0.05) is 0 Å². The van der Waals surface area contributed by atoms with Gasteiger partial charge < -0.3 is 5.11 Å². The molecule has 0 fully saturated rings. The lowest BCUT2D eigenvalue weighted by Crippen LogP contribution is -2.04. The van der Waals surface area contributed by atoms with E-state index in [0.29, 0.717) is 0 Å². The molecule has 0 rings (SSSR count). The molecule has 0 aromatic carbocycles. The van der Waals surface area contributed by atoms with Crippen LogP contribution in [0.2, 0.25) is 0 Å². The second-order valence-electron chi connectivity index (χ2n) is 2.67. The van der Waals surface area contributed by atoms with Crippen LogP contribution in [0.15, 0.2) is 16.3 Å². The van der Waals surface area contributed by atoms with Gasteiger partial charge in [-0.25, -0.2) is 9.59 Å². The molecule has 0 radical (unpaired) electrons. The summed E-state index contributed by atoms with van der Waals surface area (Å²) in [5, 5.41) is 8.58. The SMILES string of the molecule is CC(C(=O)O)=C(N=C=O)C(C)C. The zero-order valence-corrected chi connectivity index (χ0v) is 7.29. The van der Waals surface area contributed by atoms with Crippen molar-refractivity contribution in [3.05, 3.63) is 11.3 Å². The summed E-state index contributed by atoms with van der Waals surface area (Å²) in [6, 6.07) is 0. The van der Waals surface area contributed by atoms with Gasteiger partial charge in [0.1, 0.15) is 0 Å². The van der Waals surface area contributed by atoms with Crippen molar-refractivity contribution in [3.8, 4) is 0 Å². The summed E-state index contributed by atoms with van der Waals surface area (Å²) in [4.78, 5) is 23.7. The lowest BCUT2D eigenvalue weighted by Gasteiger charge is -2.05. The second-order valence-corrected chi connectivity index (χ2v) is 2.67. The molecule has 0 saturated carbocycles. The average molecular weight is 169 g/mol. The summed E-state index contributed by atoms with van der Waals surface area (Å²) in [6.07, 6.45) is 1.34. The molecule has 0 saturated heterocycles. The molecule has 4 nitrogen and oxygen atoms in total. The number of nitrogens with zero attached hydrogens (tertiary/aromatic N) is 1. The molecule has 0 amide bonds. The van der Waals surface area contributed by atoms with E-state index < -0.39 is 5.97 Å². The third-order valence-electron chi connectivity index (χ3n) is 1.42. The van der Waals surface area contributed by atoms with Crippen molar-refractivity contribution in [3.63, 3.8) is 0 Å². The minimum absolute atomic E-state index is 0.0810. The normalized spacial score (nSPS) is 12.0. The van der Waals surface area contributed by atoms with Gasteiger partial charge in [0.15, 0.2) is 0 Å². The highest BCUT2D eigenvalue weighted by molar-refractivity contribution is 5.87. The maximum Gasteiger partial charge on any atom is 0.333 e. The summed E-state index contributed by atoms with van der Waals surface area (Å²) in [5.74, 6) is -1.14. The smallest absolute Gasteiger partial charge is 0.333 e. The molecule has 4 heteroatoms. The summed E-state index contributed by atoms with van der Waals surface area (Å²) in [6.45, 7) is 4.95. The number of aliphatic imine (C=N–C) groups is 1. The van der Waals surface area contributed by atoms with E-state index in [-0.39, 0.29) is 17.2 Å². The van der Waals surface area contributed by atoms with E-state index in [4.69, 9.17) is 5.11 Å². The first kappa shape index (κ1) is 10.6. The molecule has 0 bridgehead atoms. The molecule has 0 unspecified atom stereocenters. The number of hydrogen-bond acceptors (Lipinski definition) is 3. The summed E-state index contributed by atoms with van der Waals surface area (Å²) >= 11 is 0. The number of carbonyl (C=O) groups is 1. The highest BCUT2D eigenvalue weighted by atomic mass is 16.4.